The van der Waals surface area contributed by atoms with E-state index >= 15 is 0 Å². The molecule has 10 aromatic rings. The molecule has 0 N–H and O–H groups in total. The second kappa shape index (κ2) is 11.4. The molecule has 0 fully saturated rings. The van der Waals surface area contributed by atoms with Crippen molar-refractivity contribution in [3.63, 3.8) is 0 Å². The van der Waals surface area contributed by atoms with E-state index < -0.39 is 0 Å². The van der Waals surface area contributed by atoms with Crippen LogP contribution < -0.4 is 0 Å². The number of benzene rings is 6. The third-order valence-corrected chi connectivity index (χ3v) is 9.59. The van der Waals surface area contributed by atoms with E-state index in [-0.39, 0.29) is 0 Å². The summed E-state index contributed by atoms with van der Waals surface area (Å²) < 4.78 is 4.61. The van der Waals surface area contributed by atoms with Crippen LogP contribution in [0.3, 0.4) is 0 Å². The second-order valence-electron chi connectivity index (χ2n) is 12.5. The highest BCUT2D eigenvalue weighted by molar-refractivity contribution is 6.16. The van der Waals surface area contributed by atoms with Crippen LogP contribution in [0.25, 0.3) is 89.0 Å². The van der Waals surface area contributed by atoms with Crippen LogP contribution in [-0.4, -0.2) is 24.1 Å². The fraction of sp³-hybridized carbons (Fsp3) is 0. The molecule has 234 valence electrons. The first kappa shape index (κ1) is 28.2. The van der Waals surface area contributed by atoms with E-state index in [1.807, 2.05) is 36.5 Å². The lowest BCUT2D eigenvalue weighted by Crippen LogP contribution is -2.02. The van der Waals surface area contributed by atoms with Crippen LogP contribution in [0.4, 0.5) is 0 Å². The SMILES string of the molecule is c1ccc(-c2cc(-n3c4ccccc4c4c(-c5ccc6c7ncccc7n(-c7ccccc7)c6c5)cccc43)nc(-c3ccccc3)n2)cc1. The van der Waals surface area contributed by atoms with Gasteiger partial charge in [-0.2, -0.15) is 0 Å². The molecule has 5 heteroatoms. The monoisotopic (exact) mass is 639 g/mol. The Morgan fingerprint density at radius 3 is 1.94 bits per heavy atom. The quantitative estimate of drug-likeness (QED) is 0.188. The van der Waals surface area contributed by atoms with Crippen molar-refractivity contribution >= 4 is 43.7 Å². The van der Waals surface area contributed by atoms with Crippen LogP contribution in [0.1, 0.15) is 0 Å². The average molecular weight is 640 g/mol. The fourth-order valence-corrected chi connectivity index (χ4v) is 7.38. The molecule has 6 aromatic carbocycles. The van der Waals surface area contributed by atoms with Gasteiger partial charge in [0.1, 0.15) is 5.82 Å². The molecule has 0 unspecified atom stereocenters. The van der Waals surface area contributed by atoms with Crippen molar-refractivity contribution in [3.8, 4) is 45.3 Å². The predicted molar refractivity (Wildman–Crippen MR) is 205 cm³/mol. The molecule has 0 aliphatic carbocycles. The van der Waals surface area contributed by atoms with Gasteiger partial charge in [-0.15, -0.1) is 0 Å². The molecule has 5 nitrogen and oxygen atoms in total. The Bertz CT molecular complexity index is 2800. The zero-order chi connectivity index (χ0) is 33.0. The van der Waals surface area contributed by atoms with Gasteiger partial charge < -0.3 is 4.57 Å². The predicted octanol–water partition coefficient (Wildman–Crippen LogP) is 11.1. The van der Waals surface area contributed by atoms with Gasteiger partial charge in [-0.3, -0.25) is 9.55 Å². The van der Waals surface area contributed by atoms with Crippen LogP contribution in [0.15, 0.2) is 176 Å². The zero-order valence-corrected chi connectivity index (χ0v) is 27.0. The van der Waals surface area contributed by atoms with E-state index in [4.69, 9.17) is 15.0 Å². The Labute approximate surface area is 288 Å². The van der Waals surface area contributed by atoms with Gasteiger partial charge in [0.05, 0.1) is 33.3 Å². The molecule has 0 aliphatic heterocycles. The summed E-state index contributed by atoms with van der Waals surface area (Å²) in [6.45, 7) is 0. The van der Waals surface area contributed by atoms with E-state index in [0.29, 0.717) is 5.82 Å². The van der Waals surface area contributed by atoms with E-state index in [2.05, 4.69) is 149 Å². The summed E-state index contributed by atoms with van der Waals surface area (Å²) in [6.07, 6.45) is 1.88. The molecule has 0 bridgehead atoms. The van der Waals surface area contributed by atoms with Gasteiger partial charge in [0.15, 0.2) is 5.82 Å². The largest absolute Gasteiger partial charge is 0.308 e. The first-order valence-electron chi connectivity index (χ1n) is 16.8. The summed E-state index contributed by atoms with van der Waals surface area (Å²) in [5.41, 5.74) is 11.7. The minimum absolute atomic E-state index is 0.692. The number of aromatic nitrogens is 5. The van der Waals surface area contributed by atoms with Crippen molar-refractivity contribution < 1.29 is 0 Å². The maximum atomic E-state index is 5.23. The smallest absolute Gasteiger partial charge is 0.162 e. The molecule has 50 heavy (non-hydrogen) atoms. The number of rotatable bonds is 5. The number of nitrogens with zero attached hydrogens (tertiary/aromatic N) is 5. The Kier molecular flexibility index (Phi) is 6.42. The summed E-state index contributed by atoms with van der Waals surface area (Å²) in [4.78, 5) is 15.1. The van der Waals surface area contributed by atoms with Crippen LogP contribution >= 0.6 is 0 Å². The Morgan fingerprint density at radius 1 is 0.420 bits per heavy atom. The third-order valence-electron chi connectivity index (χ3n) is 9.59. The molecule has 0 radical (unpaired) electrons. The highest BCUT2D eigenvalue weighted by Gasteiger charge is 2.20. The number of para-hydroxylation sites is 2. The normalized spacial score (nSPS) is 11.6. The molecular formula is C45H29N5. The van der Waals surface area contributed by atoms with Gasteiger partial charge in [0, 0.05) is 45.2 Å². The van der Waals surface area contributed by atoms with E-state index in [1.54, 1.807) is 0 Å². The zero-order valence-electron chi connectivity index (χ0n) is 27.0. The summed E-state index contributed by atoms with van der Waals surface area (Å²) in [6, 6.07) is 59.4. The highest BCUT2D eigenvalue weighted by Crippen LogP contribution is 2.41. The lowest BCUT2D eigenvalue weighted by Gasteiger charge is -2.12. The minimum Gasteiger partial charge on any atom is -0.308 e. The molecule has 0 atom stereocenters. The first-order valence-corrected chi connectivity index (χ1v) is 16.8. The first-order chi connectivity index (χ1) is 24.8. The second-order valence-corrected chi connectivity index (χ2v) is 12.5. The van der Waals surface area contributed by atoms with Crippen molar-refractivity contribution in [1.29, 1.82) is 0 Å². The lowest BCUT2D eigenvalue weighted by molar-refractivity contribution is 1.05. The maximum absolute atomic E-state index is 5.23. The Balaban J connectivity index is 1.24. The van der Waals surface area contributed by atoms with Crippen molar-refractivity contribution in [1.82, 2.24) is 24.1 Å². The Morgan fingerprint density at radius 2 is 1.12 bits per heavy atom. The standard InChI is InChI=1S/C45H29N5/c1-4-14-30(15-5-1)37-29-42(48-45(47-37)31-16-6-2-7-17-31)50-38-22-11-10-20-35(38)43-34(21-12-23-39(43)50)32-25-26-36-41(28-32)49(33-18-8-3-9-19-33)40-24-13-27-46-44(36)40/h1-29H. The van der Waals surface area contributed by atoms with Gasteiger partial charge >= 0.3 is 0 Å². The topological polar surface area (TPSA) is 48.5 Å². The van der Waals surface area contributed by atoms with E-state index in [1.165, 1.54) is 10.8 Å². The van der Waals surface area contributed by atoms with Crippen LogP contribution in [0.2, 0.25) is 0 Å². The number of hydrogen-bond acceptors (Lipinski definition) is 3. The molecule has 0 saturated carbocycles. The molecule has 4 aromatic heterocycles. The molecular weight excluding hydrogens is 611 g/mol. The number of fused-ring (bicyclic) bond motifs is 6. The third kappa shape index (κ3) is 4.45. The van der Waals surface area contributed by atoms with Gasteiger partial charge in [-0.25, -0.2) is 9.97 Å². The van der Waals surface area contributed by atoms with E-state index in [9.17, 15) is 0 Å². The maximum Gasteiger partial charge on any atom is 0.162 e. The van der Waals surface area contributed by atoms with Gasteiger partial charge in [0.25, 0.3) is 0 Å². The van der Waals surface area contributed by atoms with Crippen LogP contribution in [-0.2, 0) is 0 Å². The molecule has 0 aliphatic rings. The fourth-order valence-electron chi connectivity index (χ4n) is 7.38. The minimum atomic E-state index is 0.692. The van der Waals surface area contributed by atoms with Crippen LogP contribution in [0, 0.1) is 0 Å². The van der Waals surface area contributed by atoms with Crippen molar-refractivity contribution in [2.75, 3.05) is 0 Å². The average Bonchev–Trinajstić information content (AvgIpc) is 3.71. The summed E-state index contributed by atoms with van der Waals surface area (Å²) >= 11 is 0. The highest BCUT2D eigenvalue weighted by atomic mass is 15.1. The van der Waals surface area contributed by atoms with Gasteiger partial charge in [-0.05, 0) is 59.7 Å². The summed E-state index contributed by atoms with van der Waals surface area (Å²) in [7, 11) is 0. The number of hydrogen-bond donors (Lipinski definition) is 0. The molecule has 4 heterocycles. The molecule has 0 amide bonds. The van der Waals surface area contributed by atoms with Gasteiger partial charge in [-0.1, -0.05) is 115 Å². The van der Waals surface area contributed by atoms with Gasteiger partial charge in [0.2, 0.25) is 0 Å². The van der Waals surface area contributed by atoms with Crippen LogP contribution in [0.5, 0.6) is 0 Å². The Hall–Kier alpha value is -6.85. The van der Waals surface area contributed by atoms with E-state index in [0.717, 1.165) is 72.4 Å². The molecule has 0 saturated heterocycles. The molecule has 0 spiro atoms. The van der Waals surface area contributed by atoms with Crippen molar-refractivity contribution in [2.24, 2.45) is 0 Å². The van der Waals surface area contributed by atoms with Crippen molar-refractivity contribution in [2.45, 2.75) is 0 Å². The lowest BCUT2D eigenvalue weighted by atomic mass is 9.98. The molecule has 10 rings (SSSR count). The number of pyridine rings is 1. The summed E-state index contributed by atoms with van der Waals surface area (Å²) in [5.74, 6) is 1.52. The van der Waals surface area contributed by atoms with Crippen molar-refractivity contribution in [3.05, 3.63) is 176 Å². The summed E-state index contributed by atoms with van der Waals surface area (Å²) in [5, 5.41) is 3.49.